The zero-order valence-electron chi connectivity index (χ0n) is 13.8. The van der Waals surface area contributed by atoms with Crippen LogP contribution < -0.4 is 0 Å². The molecule has 2 rings (SSSR count). The third-order valence-corrected chi connectivity index (χ3v) is 4.77. The molecular formula is C20H28N2. The molecule has 1 fully saturated rings. The lowest BCUT2D eigenvalue weighted by molar-refractivity contribution is 0.135. The van der Waals surface area contributed by atoms with Gasteiger partial charge in [-0.15, -0.1) is 6.58 Å². The summed E-state index contributed by atoms with van der Waals surface area (Å²) in [6, 6.07) is 2.70. The van der Waals surface area contributed by atoms with Crippen molar-refractivity contribution in [2.75, 3.05) is 13.1 Å². The Morgan fingerprint density at radius 1 is 1.36 bits per heavy atom. The standard InChI is InChI=1S/C20H28N2/c1-5-16-10-9-13-22(15-16)18(6-2)14-17-11-12-21-20(8-4)19(17)7-3/h5,7-8,11-12,16,18H,1,3-4,6,9-10,13-15H2,2H3. The van der Waals surface area contributed by atoms with Crippen LogP contribution in [0.25, 0.3) is 12.2 Å². The monoisotopic (exact) mass is 296 g/mol. The highest BCUT2D eigenvalue weighted by molar-refractivity contribution is 5.63. The first-order valence-corrected chi connectivity index (χ1v) is 8.32. The fourth-order valence-electron chi connectivity index (χ4n) is 3.46. The van der Waals surface area contributed by atoms with Crippen LogP contribution in [0.3, 0.4) is 0 Å². The fraction of sp³-hybridized carbons (Fsp3) is 0.450. The number of nitrogens with zero attached hydrogens (tertiary/aromatic N) is 2. The Bertz CT molecular complexity index is 533. The van der Waals surface area contributed by atoms with Gasteiger partial charge in [-0.2, -0.15) is 0 Å². The minimum atomic E-state index is 0.571. The van der Waals surface area contributed by atoms with Crippen molar-refractivity contribution in [3.05, 3.63) is 54.9 Å². The van der Waals surface area contributed by atoms with Crippen LogP contribution in [0.1, 0.15) is 43.0 Å². The van der Waals surface area contributed by atoms with Crippen molar-refractivity contribution in [1.82, 2.24) is 9.88 Å². The van der Waals surface area contributed by atoms with E-state index in [4.69, 9.17) is 0 Å². The second-order valence-corrected chi connectivity index (χ2v) is 6.08. The van der Waals surface area contributed by atoms with Gasteiger partial charge in [-0.1, -0.05) is 32.2 Å². The van der Waals surface area contributed by atoms with Gasteiger partial charge in [0.2, 0.25) is 0 Å². The van der Waals surface area contributed by atoms with Gasteiger partial charge in [-0.05, 0) is 55.9 Å². The van der Waals surface area contributed by atoms with Gasteiger partial charge in [0.05, 0.1) is 5.69 Å². The number of piperidine rings is 1. The van der Waals surface area contributed by atoms with E-state index in [9.17, 15) is 0 Å². The SMILES string of the molecule is C=Cc1nccc(CC(CC)N2CCCC(C=C)C2)c1C=C. The number of aromatic nitrogens is 1. The summed E-state index contributed by atoms with van der Waals surface area (Å²) in [4.78, 5) is 7.02. The summed E-state index contributed by atoms with van der Waals surface area (Å²) in [5.74, 6) is 0.642. The van der Waals surface area contributed by atoms with Gasteiger partial charge in [0.25, 0.3) is 0 Å². The van der Waals surface area contributed by atoms with Crippen molar-refractivity contribution < 1.29 is 0 Å². The maximum absolute atomic E-state index is 4.38. The quantitative estimate of drug-likeness (QED) is 0.684. The molecular weight excluding hydrogens is 268 g/mol. The predicted octanol–water partition coefficient (Wildman–Crippen LogP) is 4.59. The molecule has 1 aliphatic rings. The lowest BCUT2D eigenvalue weighted by Crippen LogP contribution is -2.43. The van der Waals surface area contributed by atoms with Gasteiger partial charge in [0.1, 0.15) is 0 Å². The summed E-state index contributed by atoms with van der Waals surface area (Å²) in [5.41, 5.74) is 3.39. The normalized spacial score (nSPS) is 20.3. The lowest BCUT2D eigenvalue weighted by atomic mass is 9.92. The van der Waals surface area contributed by atoms with E-state index in [0.717, 1.165) is 30.6 Å². The Hall–Kier alpha value is -1.67. The molecule has 2 heteroatoms. The molecule has 2 heterocycles. The van der Waals surface area contributed by atoms with Crippen LogP contribution in [0, 0.1) is 5.92 Å². The van der Waals surface area contributed by atoms with E-state index in [0.29, 0.717) is 12.0 Å². The van der Waals surface area contributed by atoms with E-state index in [1.807, 2.05) is 18.3 Å². The Kier molecular flexibility index (Phi) is 6.14. The average molecular weight is 296 g/mol. The Morgan fingerprint density at radius 2 is 2.18 bits per heavy atom. The number of pyridine rings is 1. The molecule has 0 radical (unpaired) electrons. The second-order valence-electron chi connectivity index (χ2n) is 6.08. The topological polar surface area (TPSA) is 16.1 Å². The Morgan fingerprint density at radius 3 is 2.82 bits per heavy atom. The maximum Gasteiger partial charge on any atom is 0.0698 e. The molecule has 0 spiro atoms. The third-order valence-electron chi connectivity index (χ3n) is 4.77. The van der Waals surface area contributed by atoms with Gasteiger partial charge < -0.3 is 0 Å². The van der Waals surface area contributed by atoms with Crippen LogP contribution in [0.15, 0.2) is 38.1 Å². The van der Waals surface area contributed by atoms with Gasteiger partial charge in [-0.3, -0.25) is 9.88 Å². The minimum Gasteiger partial charge on any atom is -0.299 e. The second kappa shape index (κ2) is 8.09. The molecule has 1 saturated heterocycles. The number of rotatable bonds is 7. The van der Waals surface area contributed by atoms with Crippen molar-refractivity contribution in [2.24, 2.45) is 5.92 Å². The summed E-state index contributed by atoms with van der Waals surface area (Å²) in [5, 5.41) is 0. The molecule has 1 aromatic heterocycles. The molecule has 22 heavy (non-hydrogen) atoms. The first kappa shape index (κ1) is 16.7. The van der Waals surface area contributed by atoms with E-state index in [1.54, 1.807) is 0 Å². The largest absolute Gasteiger partial charge is 0.299 e. The van der Waals surface area contributed by atoms with Crippen LogP contribution >= 0.6 is 0 Å². The molecule has 0 amide bonds. The predicted molar refractivity (Wildman–Crippen MR) is 96.7 cm³/mol. The van der Waals surface area contributed by atoms with Crippen LogP contribution in [-0.2, 0) is 6.42 Å². The van der Waals surface area contributed by atoms with Crippen molar-refractivity contribution in [2.45, 2.75) is 38.6 Å². The van der Waals surface area contributed by atoms with E-state index in [2.05, 4.69) is 48.7 Å². The molecule has 118 valence electrons. The third kappa shape index (κ3) is 3.75. The smallest absolute Gasteiger partial charge is 0.0698 e. The highest BCUT2D eigenvalue weighted by Gasteiger charge is 2.24. The average Bonchev–Trinajstić information content (AvgIpc) is 2.59. The summed E-state index contributed by atoms with van der Waals surface area (Å²) in [6.07, 6.45) is 12.5. The molecule has 2 atom stereocenters. The Labute approximate surface area is 135 Å². The van der Waals surface area contributed by atoms with E-state index in [1.165, 1.54) is 24.9 Å². The fourth-order valence-corrected chi connectivity index (χ4v) is 3.46. The first-order valence-electron chi connectivity index (χ1n) is 8.32. The molecule has 0 saturated carbocycles. The maximum atomic E-state index is 4.38. The minimum absolute atomic E-state index is 0.571. The molecule has 0 aromatic carbocycles. The summed E-state index contributed by atoms with van der Waals surface area (Å²) in [6.45, 7) is 16.4. The zero-order chi connectivity index (χ0) is 15.9. The summed E-state index contributed by atoms with van der Waals surface area (Å²) >= 11 is 0. The van der Waals surface area contributed by atoms with E-state index >= 15 is 0 Å². The van der Waals surface area contributed by atoms with Crippen molar-refractivity contribution >= 4 is 12.2 Å². The highest BCUT2D eigenvalue weighted by Crippen LogP contribution is 2.24. The van der Waals surface area contributed by atoms with Crippen LogP contribution in [0.2, 0.25) is 0 Å². The molecule has 2 nitrogen and oxygen atoms in total. The molecule has 0 aliphatic carbocycles. The molecule has 0 bridgehead atoms. The molecule has 0 N–H and O–H groups in total. The molecule has 1 aromatic rings. The molecule has 1 aliphatic heterocycles. The van der Waals surface area contributed by atoms with E-state index in [-0.39, 0.29) is 0 Å². The highest BCUT2D eigenvalue weighted by atomic mass is 15.2. The van der Waals surface area contributed by atoms with Gasteiger partial charge >= 0.3 is 0 Å². The van der Waals surface area contributed by atoms with E-state index < -0.39 is 0 Å². The summed E-state index contributed by atoms with van der Waals surface area (Å²) < 4.78 is 0. The van der Waals surface area contributed by atoms with Gasteiger partial charge in [0, 0.05) is 24.3 Å². The van der Waals surface area contributed by atoms with Gasteiger partial charge in [-0.25, -0.2) is 0 Å². The first-order chi connectivity index (χ1) is 10.7. The number of likely N-dealkylation sites (tertiary alicyclic amines) is 1. The zero-order valence-corrected chi connectivity index (χ0v) is 13.8. The Balaban J connectivity index is 2.18. The summed E-state index contributed by atoms with van der Waals surface area (Å²) in [7, 11) is 0. The van der Waals surface area contributed by atoms with Crippen molar-refractivity contribution in [3.63, 3.8) is 0 Å². The van der Waals surface area contributed by atoms with Gasteiger partial charge in [0.15, 0.2) is 0 Å². The lowest BCUT2D eigenvalue weighted by Gasteiger charge is -2.37. The molecule has 2 unspecified atom stereocenters. The van der Waals surface area contributed by atoms with Crippen LogP contribution in [-0.4, -0.2) is 29.0 Å². The van der Waals surface area contributed by atoms with Crippen LogP contribution in [0.4, 0.5) is 0 Å². The number of hydrogen-bond acceptors (Lipinski definition) is 2. The van der Waals surface area contributed by atoms with Crippen LogP contribution in [0.5, 0.6) is 0 Å². The van der Waals surface area contributed by atoms with Crippen molar-refractivity contribution in [3.8, 4) is 0 Å². The van der Waals surface area contributed by atoms with Crippen molar-refractivity contribution in [1.29, 1.82) is 0 Å². The number of hydrogen-bond donors (Lipinski definition) is 0.